The molecule has 2 heterocycles. The third kappa shape index (κ3) is 4.85. The molecule has 0 saturated heterocycles. The van der Waals surface area contributed by atoms with Crippen LogP contribution in [0.3, 0.4) is 0 Å². The van der Waals surface area contributed by atoms with Crippen LogP contribution in [0, 0.1) is 10.1 Å². The molecule has 1 aliphatic heterocycles. The van der Waals surface area contributed by atoms with Crippen molar-refractivity contribution in [3.8, 4) is 10.6 Å². The number of thiazole rings is 1. The fourth-order valence-corrected chi connectivity index (χ4v) is 3.16. The Morgan fingerprint density at radius 1 is 1.36 bits per heavy atom. The molecule has 1 aromatic carbocycles. The van der Waals surface area contributed by atoms with Gasteiger partial charge in [0.25, 0.3) is 11.6 Å². The topological polar surface area (TPSA) is 97.2 Å². The lowest BCUT2D eigenvalue weighted by Gasteiger charge is -2.14. The lowest BCUT2D eigenvalue weighted by molar-refractivity contribution is -0.384. The Labute approximate surface area is 154 Å². The number of hydrogen-bond acceptors (Lipinski definition) is 6. The van der Waals surface area contributed by atoms with E-state index >= 15 is 0 Å². The van der Waals surface area contributed by atoms with Gasteiger partial charge in [0.2, 0.25) is 0 Å². The number of carbonyl (C=O) groups excluding carboxylic acids is 1. The van der Waals surface area contributed by atoms with Crippen LogP contribution in [-0.2, 0) is 0 Å². The van der Waals surface area contributed by atoms with E-state index in [1.54, 1.807) is 17.5 Å². The van der Waals surface area contributed by atoms with Gasteiger partial charge in [-0.25, -0.2) is 4.98 Å². The average molecular weight is 381 g/mol. The van der Waals surface area contributed by atoms with Crippen molar-refractivity contribution in [1.29, 1.82) is 0 Å². The largest absolute Gasteiger partial charge is 0.347 e. The Morgan fingerprint density at radius 2 is 2.12 bits per heavy atom. The SMILES string of the molecule is Cl.O=C(NCC1=CCNCC1)c1csc(-c2ccc([N+](=O)[O-])cc2)n1. The van der Waals surface area contributed by atoms with Crippen LogP contribution in [0.1, 0.15) is 16.9 Å². The minimum absolute atomic E-state index is 0. The number of halogens is 1. The standard InChI is InChI=1S/C16H16N4O3S.ClH/c21-15(18-9-11-5-7-17-8-6-11)14-10-24-16(19-14)12-1-3-13(4-2-12)20(22)23;/h1-5,10,17H,6-9H2,(H,18,21);1H. The molecule has 2 aromatic rings. The molecular formula is C16H17ClN4O3S. The van der Waals surface area contributed by atoms with Crippen molar-refractivity contribution in [3.05, 3.63) is 57.1 Å². The van der Waals surface area contributed by atoms with Gasteiger partial charge in [-0.1, -0.05) is 11.6 Å². The number of aromatic nitrogens is 1. The molecule has 3 rings (SSSR count). The van der Waals surface area contributed by atoms with E-state index in [1.807, 2.05) is 0 Å². The smallest absolute Gasteiger partial charge is 0.271 e. The van der Waals surface area contributed by atoms with Gasteiger partial charge in [-0.05, 0) is 25.1 Å². The van der Waals surface area contributed by atoms with E-state index in [-0.39, 0.29) is 24.0 Å². The Morgan fingerprint density at radius 3 is 2.76 bits per heavy atom. The Balaban J connectivity index is 0.00000225. The van der Waals surface area contributed by atoms with Gasteiger partial charge in [-0.3, -0.25) is 14.9 Å². The monoisotopic (exact) mass is 380 g/mol. The van der Waals surface area contributed by atoms with Crippen LogP contribution in [0.4, 0.5) is 5.69 Å². The molecule has 7 nitrogen and oxygen atoms in total. The molecular weight excluding hydrogens is 364 g/mol. The summed E-state index contributed by atoms with van der Waals surface area (Å²) in [6, 6.07) is 6.14. The Kier molecular flexibility index (Phi) is 6.63. The fraction of sp³-hybridized carbons (Fsp3) is 0.250. The number of carbonyl (C=O) groups is 1. The lowest BCUT2D eigenvalue weighted by atomic mass is 10.1. The summed E-state index contributed by atoms with van der Waals surface area (Å²) < 4.78 is 0. The highest BCUT2D eigenvalue weighted by molar-refractivity contribution is 7.13. The Bertz CT molecular complexity index is 789. The minimum atomic E-state index is -0.444. The van der Waals surface area contributed by atoms with Gasteiger partial charge in [0, 0.05) is 36.2 Å². The van der Waals surface area contributed by atoms with Gasteiger partial charge < -0.3 is 10.6 Å². The Hall–Kier alpha value is -2.29. The lowest BCUT2D eigenvalue weighted by Crippen LogP contribution is -2.29. The molecule has 0 atom stereocenters. The number of nitrogens with zero attached hydrogens (tertiary/aromatic N) is 2. The number of nitro groups is 1. The predicted octanol–water partition coefficient (Wildman–Crippen LogP) is 2.79. The van der Waals surface area contributed by atoms with Crippen molar-refractivity contribution in [2.45, 2.75) is 6.42 Å². The van der Waals surface area contributed by atoms with Crippen molar-refractivity contribution in [2.75, 3.05) is 19.6 Å². The summed E-state index contributed by atoms with van der Waals surface area (Å²) in [7, 11) is 0. The first kappa shape index (κ1) is 19.0. The van der Waals surface area contributed by atoms with Crippen LogP contribution < -0.4 is 10.6 Å². The third-order valence-electron chi connectivity index (χ3n) is 3.70. The maximum absolute atomic E-state index is 12.2. The summed E-state index contributed by atoms with van der Waals surface area (Å²) in [5.74, 6) is -0.209. The van der Waals surface area contributed by atoms with Crippen LogP contribution >= 0.6 is 23.7 Å². The molecule has 0 fully saturated rings. The number of nitrogens with one attached hydrogen (secondary N) is 2. The number of benzene rings is 1. The zero-order valence-corrected chi connectivity index (χ0v) is 14.9. The molecule has 1 aromatic heterocycles. The summed E-state index contributed by atoms with van der Waals surface area (Å²) in [6.07, 6.45) is 3.03. The van der Waals surface area contributed by atoms with Crippen molar-refractivity contribution >= 4 is 35.3 Å². The molecule has 0 saturated carbocycles. The van der Waals surface area contributed by atoms with Crippen molar-refractivity contribution in [2.24, 2.45) is 0 Å². The number of amides is 1. The van der Waals surface area contributed by atoms with E-state index in [1.165, 1.54) is 29.0 Å². The summed E-state index contributed by atoms with van der Waals surface area (Å²) in [4.78, 5) is 26.7. The highest BCUT2D eigenvalue weighted by Crippen LogP contribution is 2.25. The average Bonchev–Trinajstić information content (AvgIpc) is 3.11. The van der Waals surface area contributed by atoms with Gasteiger partial charge in [0.1, 0.15) is 10.7 Å². The zero-order chi connectivity index (χ0) is 16.9. The maximum Gasteiger partial charge on any atom is 0.271 e. The zero-order valence-electron chi connectivity index (χ0n) is 13.2. The molecule has 0 bridgehead atoms. The van der Waals surface area contributed by atoms with Crippen LogP contribution in [0.2, 0.25) is 0 Å². The maximum atomic E-state index is 12.2. The fourth-order valence-electron chi connectivity index (χ4n) is 2.35. The second kappa shape index (κ2) is 8.70. The molecule has 0 aliphatic carbocycles. The first-order chi connectivity index (χ1) is 11.6. The van der Waals surface area contributed by atoms with Crippen LogP contribution in [0.25, 0.3) is 10.6 Å². The number of rotatable bonds is 5. The van der Waals surface area contributed by atoms with Crippen LogP contribution in [0.15, 0.2) is 41.3 Å². The summed E-state index contributed by atoms with van der Waals surface area (Å²) in [5.41, 5.74) is 2.37. The number of non-ortho nitro benzene ring substituents is 1. The van der Waals surface area contributed by atoms with Crippen molar-refractivity contribution in [1.82, 2.24) is 15.6 Å². The van der Waals surface area contributed by atoms with Gasteiger partial charge in [-0.15, -0.1) is 23.7 Å². The van der Waals surface area contributed by atoms with Gasteiger partial charge in [-0.2, -0.15) is 0 Å². The summed E-state index contributed by atoms with van der Waals surface area (Å²) >= 11 is 1.34. The molecule has 25 heavy (non-hydrogen) atoms. The number of nitro benzene ring substituents is 1. The second-order valence-corrected chi connectivity index (χ2v) is 6.20. The van der Waals surface area contributed by atoms with E-state index in [0.717, 1.165) is 25.1 Å². The molecule has 9 heteroatoms. The van der Waals surface area contributed by atoms with Crippen molar-refractivity contribution < 1.29 is 9.72 Å². The molecule has 1 amide bonds. The summed E-state index contributed by atoms with van der Waals surface area (Å²) in [5, 5.41) is 19.1. The van der Waals surface area contributed by atoms with Crippen molar-refractivity contribution in [3.63, 3.8) is 0 Å². The highest BCUT2D eigenvalue weighted by Gasteiger charge is 2.13. The summed E-state index contributed by atoms with van der Waals surface area (Å²) in [6.45, 7) is 2.31. The molecule has 1 aliphatic rings. The molecule has 0 radical (unpaired) electrons. The van der Waals surface area contributed by atoms with E-state index in [9.17, 15) is 14.9 Å². The van der Waals surface area contributed by atoms with Crippen LogP contribution in [-0.4, -0.2) is 35.4 Å². The quantitative estimate of drug-likeness (QED) is 0.472. The first-order valence-electron chi connectivity index (χ1n) is 7.50. The van der Waals surface area contributed by atoms with E-state index < -0.39 is 4.92 Å². The van der Waals surface area contributed by atoms with Gasteiger partial charge in [0.15, 0.2) is 0 Å². The molecule has 2 N–H and O–H groups in total. The second-order valence-electron chi connectivity index (χ2n) is 5.34. The minimum Gasteiger partial charge on any atom is -0.347 e. The third-order valence-corrected chi connectivity index (χ3v) is 4.59. The van der Waals surface area contributed by atoms with E-state index in [2.05, 4.69) is 21.7 Å². The highest BCUT2D eigenvalue weighted by atomic mass is 35.5. The predicted molar refractivity (Wildman–Crippen MR) is 99.4 cm³/mol. The normalized spacial score (nSPS) is 13.5. The van der Waals surface area contributed by atoms with E-state index in [0.29, 0.717) is 17.2 Å². The van der Waals surface area contributed by atoms with Crippen LogP contribution in [0.5, 0.6) is 0 Å². The molecule has 0 spiro atoms. The van der Waals surface area contributed by atoms with Gasteiger partial charge in [0.05, 0.1) is 4.92 Å². The molecule has 0 unspecified atom stereocenters. The molecule has 132 valence electrons. The first-order valence-corrected chi connectivity index (χ1v) is 8.38. The van der Waals surface area contributed by atoms with Gasteiger partial charge >= 0.3 is 0 Å². The van der Waals surface area contributed by atoms with E-state index in [4.69, 9.17) is 0 Å². The number of hydrogen-bond donors (Lipinski definition) is 2.